The van der Waals surface area contributed by atoms with Gasteiger partial charge in [-0.25, -0.2) is 9.66 Å². The first-order valence-corrected chi connectivity index (χ1v) is 11.0. The minimum Gasteiger partial charge on any atom is -0.335 e. The Balaban J connectivity index is 1.60. The lowest BCUT2D eigenvalue weighted by Crippen LogP contribution is -2.32. The Morgan fingerprint density at radius 2 is 1.96 bits per heavy atom. The van der Waals surface area contributed by atoms with Gasteiger partial charge in [-0.3, -0.25) is 4.79 Å². The first-order valence-electron chi connectivity index (χ1n) is 10.2. The second-order valence-electron chi connectivity index (χ2n) is 9.03. The topological polar surface area (TPSA) is 60.9 Å². The van der Waals surface area contributed by atoms with Crippen LogP contribution in [0.1, 0.15) is 55.4 Å². The van der Waals surface area contributed by atoms with Gasteiger partial charge >= 0.3 is 0 Å². The van der Waals surface area contributed by atoms with E-state index in [9.17, 15) is 4.79 Å². The largest absolute Gasteiger partial charge is 0.335 e. The van der Waals surface area contributed by atoms with Crippen LogP contribution in [-0.4, -0.2) is 9.66 Å². The van der Waals surface area contributed by atoms with Gasteiger partial charge < -0.3 is 5.84 Å². The number of aryl methyl sites for hydroxylation is 3. The van der Waals surface area contributed by atoms with E-state index in [0.29, 0.717) is 18.2 Å². The van der Waals surface area contributed by atoms with Crippen LogP contribution in [0.4, 0.5) is 0 Å². The molecular weight excluding hydrogens is 366 g/mol. The predicted molar refractivity (Wildman–Crippen MR) is 117 cm³/mol. The third kappa shape index (κ3) is 3.60. The fraction of sp³-hybridized carbons (Fsp3) is 0.478. The van der Waals surface area contributed by atoms with Crippen LogP contribution in [0.3, 0.4) is 0 Å². The van der Waals surface area contributed by atoms with Gasteiger partial charge in [0.15, 0.2) is 0 Å². The van der Waals surface area contributed by atoms with Crippen molar-refractivity contribution < 1.29 is 0 Å². The quantitative estimate of drug-likeness (QED) is 0.662. The number of rotatable bonds is 4. The lowest BCUT2D eigenvalue weighted by Gasteiger charge is -2.33. The maximum Gasteiger partial charge on any atom is 0.280 e. The standard InChI is InChI=1S/C23H29N3OS/c1-23(2,3)16-12-13-17-18(14-16)28-21-20(17)22(27)26(24)19(25-21)11-7-10-15-8-5-4-6-9-15/h4-6,8-9,16H,7,10-14,24H2,1-3H3/t16-/m0/s1. The molecule has 1 aliphatic carbocycles. The first-order chi connectivity index (χ1) is 13.3. The SMILES string of the molecule is CC(C)(C)[C@H]1CCc2c(sc3nc(CCCc4ccccc4)n(N)c(=O)c23)C1. The van der Waals surface area contributed by atoms with Gasteiger partial charge in [0.1, 0.15) is 10.7 Å². The van der Waals surface area contributed by atoms with E-state index in [2.05, 4.69) is 45.0 Å². The number of nitrogens with zero attached hydrogens (tertiary/aromatic N) is 2. The molecular formula is C23H29N3OS. The fourth-order valence-electron chi connectivity index (χ4n) is 4.29. The maximum atomic E-state index is 13.0. The van der Waals surface area contributed by atoms with Gasteiger partial charge in [-0.1, -0.05) is 51.1 Å². The van der Waals surface area contributed by atoms with E-state index in [-0.39, 0.29) is 11.0 Å². The third-order valence-corrected chi connectivity index (χ3v) is 7.27. The maximum absolute atomic E-state index is 13.0. The van der Waals surface area contributed by atoms with Gasteiger partial charge in [0.25, 0.3) is 5.56 Å². The molecule has 0 radical (unpaired) electrons. The van der Waals surface area contributed by atoms with Gasteiger partial charge in [0, 0.05) is 11.3 Å². The number of thiophene rings is 1. The van der Waals surface area contributed by atoms with E-state index in [1.165, 1.54) is 20.7 Å². The molecule has 1 aromatic carbocycles. The van der Waals surface area contributed by atoms with Gasteiger partial charge in [-0.2, -0.15) is 0 Å². The molecule has 0 unspecified atom stereocenters. The summed E-state index contributed by atoms with van der Waals surface area (Å²) >= 11 is 1.71. The number of aromatic nitrogens is 2. The molecule has 0 spiro atoms. The lowest BCUT2D eigenvalue weighted by atomic mass is 9.72. The summed E-state index contributed by atoms with van der Waals surface area (Å²) in [5, 5.41) is 0.765. The summed E-state index contributed by atoms with van der Waals surface area (Å²) in [5.41, 5.74) is 2.71. The average Bonchev–Trinajstić information content (AvgIpc) is 3.03. The Bertz CT molecular complexity index is 1040. The molecule has 28 heavy (non-hydrogen) atoms. The van der Waals surface area contributed by atoms with Crippen molar-refractivity contribution in [1.29, 1.82) is 0 Å². The fourth-order valence-corrected chi connectivity index (χ4v) is 5.60. The summed E-state index contributed by atoms with van der Waals surface area (Å²) in [7, 11) is 0. The van der Waals surface area contributed by atoms with Crippen LogP contribution >= 0.6 is 11.3 Å². The molecule has 2 aromatic heterocycles. The van der Waals surface area contributed by atoms with E-state index < -0.39 is 0 Å². The predicted octanol–water partition coefficient (Wildman–Crippen LogP) is 4.50. The van der Waals surface area contributed by atoms with E-state index in [4.69, 9.17) is 10.8 Å². The Morgan fingerprint density at radius 3 is 2.68 bits per heavy atom. The summed E-state index contributed by atoms with van der Waals surface area (Å²) in [6.07, 6.45) is 5.74. The molecule has 2 N–H and O–H groups in total. The first kappa shape index (κ1) is 19.2. The second-order valence-corrected chi connectivity index (χ2v) is 10.1. The number of fused-ring (bicyclic) bond motifs is 3. The van der Waals surface area contributed by atoms with Gasteiger partial charge in [-0.05, 0) is 54.6 Å². The highest BCUT2D eigenvalue weighted by Crippen LogP contribution is 2.42. The minimum atomic E-state index is -0.0774. The van der Waals surface area contributed by atoms with E-state index in [1.54, 1.807) is 11.3 Å². The molecule has 4 nitrogen and oxygen atoms in total. The Labute approximate surface area is 170 Å². The van der Waals surface area contributed by atoms with Crippen molar-refractivity contribution in [1.82, 2.24) is 9.66 Å². The van der Waals surface area contributed by atoms with Crippen molar-refractivity contribution in [3.8, 4) is 0 Å². The number of nitrogen functional groups attached to an aromatic ring is 1. The van der Waals surface area contributed by atoms with Gasteiger partial charge in [0.05, 0.1) is 5.39 Å². The monoisotopic (exact) mass is 395 g/mol. The highest BCUT2D eigenvalue weighted by molar-refractivity contribution is 7.18. The average molecular weight is 396 g/mol. The van der Waals surface area contributed by atoms with Crippen LogP contribution in [0.2, 0.25) is 0 Å². The van der Waals surface area contributed by atoms with Crippen LogP contribution < -0.4 is 11.4 Å². The number of benzene rings is 1. The highest BCUT2D eigenvalue weighted by Gasteiger charge is 2.32. The highest BCUT2D eigenvalue weighted by atomic mass is 32.1. The number of nitrogens with two attached hydrogens (primary N) is 1. The number of hydrogen-bond acceptors (Lipinski definition) is 4. The molecule has 1 aliphatic rings. The summed E-state index contributed by atoms with van der Waals surface area (Å²) in [4.78, 5) is 20.0. The normalized spacial score (nSPS) is 17.0. The molecule has 4 rings (SSSR count). The molecule has 2 heterocycles. The molecule has 148 valence electrons. The van der Waals surface area contributed by atoms with Crippen LogP contribution in [0.15, 0.2) is 35.1 Å². The molecule has 0 bridgehead atoms. The molecule has 3 aromatic rings. The van der Waals surface area contributed by atoms with Crippen molar-refractivity contribution in [2.24, 2.45) is 11.3 Å². The van der Waals surface area contributed by atoms with Crippen LogP contribution in [-0.2, 0) is 25.7 Å². The number of hydrogen-bond donors (Lipinski definition) is 1. The second kappa shape index (κ2) is 7.36. The van der Waals surface area contributed by atoms with Gasteiger partial charge in [-0.15, -0.1) is 11.3 Å². The zero-order valence-electron chi connectivity index (χ0n) is 17.0. The van der Waals surface area contributed by atoms with E-state index in [0.717, 1.165) is 42.3 Å². The van der Waals surface area contributed by atoms with Crippen LogP contribution in [0.5, 0.6) is 0 Å². The van der Waals surface area contributed by atoms with Crippen LogP contribution in [0, 0.1) is 11.3 Å². The smallest absolute Gasteiger partial charge is 0.280 e. The zero-order valence-corrected chi connectivity index (χ0v) is 17.8. The summed E-state index contributed by atoms with van der Waals surface area (Å²) in [5.74, 6) is 7.51. The summed E-state index contributed by atoms with van der Waals surface area (Å²) in [6, 6.07) is 10.4. The van der Waals surface area contributed by atoms with Crippen molar-refractivity contribution in [3.05, 3.63) is 62.5 Å². The Kier molecular flexibility index (Phi) is 5.04. The van der Waals surface area contributed by atoms with Crippen molar-refractivity contribution >= 4 is 21.6 Å². The minimum absolute atomic E-state index is 0.0774. The summed E-state index contributed by atoms with van der Waals surface area (Å²) in [6.45, 7) is 6.93. The van der Waals surface area contributed by atoms with Crippen molar-refractivity contribution in [3.63, 3.8) is 0 Å². The van der Waals surface area contributed by atoms with E-state index in [1.807, 2.05) is 6.07 Å². The van der Waals surface area contributed by atoms with E-state index >= 15 is 0 Å². The summed E-state index contributed by atoms with van der Waals surface area (Å²) < 4.78 is 1.29. The zero-order chi connectivity index (χ0) is 19.9. The molecule has 0 fully saturated rings. The van der Waals surface area contributed by atoms with Crippen molar-refractivity contribution in [2.75, 3.05) is 5.84 Å². The molecule has 0 aliphatic heterocycles. The van der Waals surface area contributed by atoms with Crippen LogP contribution in [0.25, 0.3) is 10.2 Å². The molecule has 5 heteroatoms. The Morgan fingerprint density at radius 1 is 1.21 bits per heavy atom. The molecule has 0 saturated carbocycles. The molecule has 0 amide bonds. The van der Waals surface area contributed by atoms with Crippen molar-refractivity contribution in [2.45, 2.75) is 59.3 Å². The lowest BCUT2D eigenvalue weighted by molar-refractivity contribution is 0.218. The van der Waals surface area contributed by atoms with Gasteiger partial charge in [0.2, 0.25) is 0 Å². The Hall–Kier alpha value is -2.14. The molecule has 1 atom stereocenters. The molecule has 0 saturated heterocycles. The third-order valence-electron chi connectivity index (χ3n) is 6.12.